The molecular weight excluding hydrogens is 176 g/mol. The first-order chi connectivity index (χ1) is 6.56. The quantitative estimate of drug-likeness (QED) is 0.767. The molecule has 1 heterocycles. The summed E-state index contributed by atoms with van der Waals surface area (Å²) in [5, 5.41) is 7.83. The van der Waals surface area contributed by atoms with Crippen LogP contribution >= 0.6 is 0 Å². The van der Waals surface area contributed by atoms with E-state index < -0.39 is 0 Å². The van der Waals surface area contributed by atoms with Crippen molar-refractivity contribution in [2.45, 2.75) is 38.6 Å². The highest BCUT2D eigenvalue weighted by molar-refractivity contribution is 5.66. The van der Waals surface area contributed by atoms with E-state index in [1.807, 2.05) is 11.7 Å². The Morgan fingerprint density at radius 2 is 2.21 bits per heavy atom. The van der Waals surface area contributed by atoms with Crippen LogP contribution in [0.25, 0.3) is 0 Å². The van der Waals surface area contributed by atoms with Gasteiger partial charge in [0.15, 0.2) is 0 Å². The number of rotatable bonds is 3. The molecule has 0 unspecified atom stereocenters. The van der Waals surface area contributed by atoms with Crippen LogP contribution in [-0.2, 0) is 13.5 Å². The Morgan fingerprint density at radius 3 is 2.64 bits per heavy atom. The van der Waals surface area contributed by atoms with Gasteiger partial charge in [0.1, 0.15) is 5.82 Å². The van der Waals surface area contributed by atoms with Crippen molar-refractivity contribution in [3.8, 4) is 0 Å². The van der Waals surface area contributed by atoms with Gasteiger partial charge < -0.3 is 11.1 Å². The molecular formula is C10H18N4. The Kier molecular flexibility index (Phi) is 1.94. The summed E-state index contributed by atoms with van der Waals surface area (Å²) in [7, 11) is 1.93. The molecule has 0 saturated heterocycles. The topological polar surface area (TPSA) is 55.9 Å². The lowest BCUT2D eigenvalue weighted by Gasteiger charge is -2.13. The van der Waals surface area contributed by atoms with Crippen LogP contribution in [-0.4, -0.2) is 15.3 Å². The van der Waals surface area contributed by atoms with E-state index in [-0.39, 0.29) is 5.54 Å². The maximum absolute atomic E-state index is 6.00. The summed E-state index contributed by atoms with van der Waals surface area (Å²) >= 11 is 0. The SMILES string of the molecule is CCc1nn(C)c(NC2(C)CC2)c1N. The molecule has 0 aromatic carbocycles. The number of aryl methyl sites for hydroxylation is 2. The molecule has 1 aliphatic rings. The molecule has 1 fully saturated rings. The van der Waals surface area contributed by atoms with Gasteiger partial charge in [0.05, 0.1) is 11.4 Å². The highest BCUT2D eigenvalue weighted by atomic mass is 15.3. The normalized spacial score (nSPS) is 18.2. The Hall–Kier alpha value is -1.19. The van der Waals surface area contributed by atoms with Gasteiger partial charge in [-0.15, -0.1) is 0 Å². The van der Waals surface area contributed by atoms with Crippen LogP contribution in [0.15, 0.2) is 0 Å². The zero-order chi connectivity index (χ0) is 10.3. The standard InChI is InChI=1S/C10H18N4/c1-4-7-8(11)9(14(3)13-7)12-10(2)5-6-10/h12H,4-6,11H2,1-3H3. The van der Waals surface area contributed by atoms with Crippen molar-refractivity contribution >= 4 is 11.5 Å². The third kappa shape index (κ3) is 1.45. The molecule has 3 N–H and O–H groups in total. The van der Waals surface area contributed by atoms with Crippen LogP contribution in [0.5, 0.6) is 0 Å². The van der Waals surface area contributed by atoms with E-state index in [0.29, 0.717) is 0 Å². The summed E-state index contributed by atoms with van der Waals surface area (Å²) in [5.41, 5.74) is 8.05. The van der Waals surface area contributed by atoms with Crippen LogP contribution in [0, 0.1) is 0 Å². The van der Waals surface area contributed by atoms with Crippen molar-refractivity contribution < 1.29 is 0 Å². The Morgan fingerprint density at radius 1 is 1.57 bits per heavy atom. The molecule has 0 aliphatic heterocycles. The van der Waals surface area contributed by atoms with Gasteiger partial charge in [-0.25, -0.2) is 0 Å². The molecule has 0 spiro atoms. The third-order valence-electron chi connectivity index (χ3n) is 2.92. The minimum Gasteiger partial charge on any atom is -0.394 e. The van der Waals surface area contributed by atoms with E-state index in [1.165, 1.54) is 12.8 Å². The smallest absolute Gasteiger partial charge is 0.148 e. The van der Waals surface area contributed by atoms with E-state index in [2.05, 4.69) is 24.3 Å². The van der Waals surface area contributed by atoms with Crippen LogP contribution in [0.4, 0.5) is 11.5 Å². The number of nitrogens with two attached hydrogens (primary N) is 1. The predicted octanol–water partition coefficient (Wildman–Crippen LogP) is 1.53. The average Bonchev–Trinajstić information content (AvgIpc) is 2.82. The molecule has 4 heteroatoms. The second-order valence-corrected chi connectivity index (χ2v) is 4.37. The van der Waals surface area contributed by atoms with Gasteiger partial charge in [-0.3, -0.25) is 4.68 Å². The number of nitrogen functional groups attached to an aromatic ring is 1. The van der Waals surface area contributed by atoms with Crippen molar-refractivity contribution in [1.29, 1.82) is 0 Å². The number of hydrogen-bond acceptors (Lipinski definition) is 3. The number of anilines is 2. The van der Waals surface area contributed by atoms with E-state index in [0.717, 1.165) is 23.6 Å². The first kappa shape index (κ1) is 9.37. The summed E-state index contributed by atoms with van der Waals surface area (Å²) in [6.07, 6.45) is 3.33. The molecule has 1 aromatic heterocycles. The zero-order valence-corrected chi connectivity index (χ0v) is 9.09. The van der Waals surface area contributed by atoms with Crippen molar-refractivity contribution in [3.63, 3.8) is 0 Å². The Labute approximate surface area is 84.5 Å². The van der Waals surface area contributed by atoms with Crippen molar-refractivity contribution in [2.75, 3.05) is 11.1 Å². The highest BCUT2D eigenvalue weighted by Crippen LogP contribution is 2.39. The second-order valence-electron chi connectivity index (χ2n) is 4.37. The summed E-state index contributed by atoms with van der Waals surface area (Å²) in [5.74, 6) is 0.974. The minimum atomic E-state index is 0.257. The lowest BCUT2D eigenvalue weighted by molar-refractivity contribution is 0.724. The number of nitrogens with zero attached hydrogens (tertiary/aromatic N) is 2. The average molecular weight is 194 g/mol. The lowest BCUT2D eigenvalue weighted by Crippen LogP contribution is -2.19. The molecule has 1 aromatic rings. The van der Waals surface area contributed by atoms with Crippen molar-refractivity contribution in [3.05, 3.63) is 5.69 Å². The number of hydrogen-bond donors (Lipinski definition) is 2. The predicted molar refractivity (Wildman–Crippen MR) is 58.3 cm³/mol. The molecule has 4 nitrogen and oxygen atoms in total. The van der Waals surface area contributed by atoms with Gasteiger partial charge in [-0.05, 0) is 26.2 Å². The maximum Gasteiger partial charge on any atom is 0.148 e. The highest BCUT2D eigenvalue weighted by Gasteiger charge is 2.38. The molecule has 0 amide bonds. The van der Waals surface area contributed by atoms with Crippen molar-refractivity contribution in [1.82, 2.24) is 9.78 Å². The van der Waals surface area contributed by atoms with Crippen LogP contribution < -0.4 is 11.1 Å². The fraction of sp³-hybridized carbons (Fsp3) is 0.700. The first-order valence-corrected chi connectivity index (χ1v) is 5.15. The molecule has 78 valence electrons. The molecule has 2 rings (SSSR count). The fourth-order valence-corrected chi connectivity index (χ4v) is 1.60. The first-order valence-electron chi connectivity index (χ1n) is 5.15. The van der Waals surface area contributed by atoms with E-state index >= 15 is 0 Å². The summed E-state index contributed by atoms with van der Waals surface area (Å²) in [4.78, 5) is 0. The summed E-state index contributed by atoms with van der Waals surface area (Å²) < 4.78 is 1.84. The van der Waals surface area contributed by atoms with E-state index in [9.17, 15) is 0 Å². The summed E-state index contributed by atoms with van der Waals surface area (Å²) in [6, 6.07) is 0. The molecule has 14 heavy (non-hydrogen) atoms. The number of aromatic nitrogens is 2. The van der Waals surface area contributed by atoms with E-state index in [4.69, 9.17) is 5.73 Å². The summed E-state index contributed by atoms with van der Waals surface area (Å²) in [6.45, 7) is 4.28. The van der Waals surface area contributed by atoms with Gasteiger partial charge in [0, 0.05) is 12.6 Å². The molecule has 0 bridgehead atoms. The fourth-order valence-electron chi connectivity index (χ4n) is 1.60. The van der Waals surface area contributed by atoms with Gasteiger partial charge in [-0.2, -0.15) is 5.10 Å². The second kappa shape index (κ2) is 2.90. The van der Waals surface area contributed by atoms with Crippen LogP contribution in [0.3, 0.4) is 0 Å². The van der Waals surface area contributed by atoms with Crippen LogP contribution in [0.1, 0.15) is 32.4 Å². The lowest BCUT2D eigenvalue weighted by atomic mass is 10.2. The Bertz CT molecular complexity index is 349. The minimum absolute atomic E-state index is 0.257. The van der Waals surface area contributed by atoms with Crippen molar-refractivity contribution in [2.24, 2.45) is 7.05 Å². The Balaban J connectivity index is 2.27. The molecule has 1 aliphatic carbocycles. The molecule has 0 radical (unpaired) electrons. The maximum atomic E-state index is 6.00. The van der Waals surface area contributed by atoms with Gasteiger partial charge in [0.25, 0.3) is 0 Å². The van der Waals surface area contributed by atoms with Gasteiger partial charge in [-0.1, -0.05) is 6.92 Å². The number of nitrogens with one attached hydrogen (secondary N) is 1. The monoisotopic (exact) mass is 194 g/mol. The van der Waals surface area contributed by atoms with Gasteiger partial charge >= 0.3 is 0 Å². The van der Waals surface area contributed by atoms with Gasteiger partial charge in [0.2, 0.25) is 0 Å². The largest absolute Gasteiger partial charge is 0.394 e. The van der Waals surface area contributed by atoms with Crippen LogP contribution in [0.2, 0.25) is 0 Å². The molecule has 1 saturated carbocycles. The zero-order valence-electron chi connectivity index (χ0n) is 9.09. The third-order valence-corrected chi connectivity index (χ3v) is 2.92. The van der Waals surface area contributed by atoms with E-state index in [1.54, 1.807) is 0 Å². The molecule has 0 atom stereocenters.